The number of methoxy groups -OCH3 is 1. The lowest BCUT2D eigenvalue weighted by atomic mass is 10.1. The number of hydrogen-bond acceptors (Lipinski definition) is 6. The molecule has 0 radical (unpaired) electrons. The topological polar surface area (TPSA) is 94.2 Å². The van der Waals surface area contributed by atoms with Crippen molar-refractivity contribution in [2.75, 3.05) is 30.5 Å². The predicted octanol–water partition coefficient (Wildman–Crippen LogP) is 3.34. The molecule has 8 nitrogen and oxygen atoms in total. The van der Waals surface area contributed by atoms with Crippen LogP contribution < -0.4 is 19.7 Å². The van der Waals surface area contributed by atoms with Gasteiger partial charge in [0.05, 0.1) is 12.8 Å². The number of ether oxygens (including phenoxy) is 3. The second-order valence-electron chi connectivity index (χ2n) is 7.24. The number of esters is 1. The van der Waals surface area contributed by atoms with Gasteiger partial charge in [-0.1, -0.05) is 48.5 Å². The Morgan fingerprint density at radius 1 is 1.03 bits per heavy atom. The van der Waals surface area contributed by atoms with E-state index in [0.29, 0.717) is 28.4 Å². The second kappa shape index (κ2) is 9.86. The maximum atomic E-state index is 13.1. The fourth-order valence-electron chi connectivity index (χ4n) is 3.43. The van der Waals surface area contributed by atoms with Crippen molar-refractivity contribution in [2.45, 2.75) is 6.10 Å². The first kappa shape index (κ1) is 21.9. The van der Waals surface area contributed by atoms with E-state index in [1.54, 1.807) is 78.9 Å². The van der Waals surface area contributed by atoms with Crippen LogP contribution in [0.2, 0.25) is 0 Å². The van der Waals surface area contributed by atoms with Gasteiger partial charge < -0.3 is 19.5 Å². The molecule has 0 saturated carbocycles. The van der Waals surface area contributed by atoms with Crippen molar-refractivity contribution in [3.05, 3.63) is 84.4 Å². The Balaban J connectivity index is 1.53. The van der Waals surface area contributed by atoms with Crippen molar-refractivity contribution >= 4 is 29.2 Å². The number of carbonyl (C=O) groups excluding carboxylic acids is 3. The average Bonchev–Trinajstić information content (AvgIpc) is 2.85. The van der Waals surface area contributed by atoms with Crippen LogP contribution in [0, 0.1) is 0 Å². The van der Waals surface area contributed by atoms with E-state index in [0.717, 1.165) is 0 Å². The zero-order chi connectivity index (χ0) is 23.2. The molecule has 33 heavy (non-hydrogen) atoms. The van der Waals surface area contributed by atoms with E-state index < -0.39 is 18.0 Å². The Morgan fingerprint density at radius 3 is 2.58 bits per heavy atom. The number of hydrogen-bond donors (Lipinski definition) is 1. The molecule has 1 unspecified atom stereocenters. The monoisotopic (exact) mass is 446 g/mol. The zero-order valence-electron chi connectivity index (χ0n) is 17.9. The van der Waals surface area contributed by atoms with Gasteiger partial charge in [-0.25, -0.2) is 0 Å². The highest BCUT2D eigenvalue weighted by molar-refractivity contribution is 6.02. The lowest BCUT2D eigenvalue weighted by Gasteiger charge is -2.29. The third kappa shape index (κ3) is 5.12. The first-order valence-corrected chi connectivity index (χ1v) is 10.3. The molecular weight excluding hydrogens is 424 g/mol. The fraction of sp³-hybridized carbons (Fsp3) is 0.160. The van der Waals surface area contributed by atoms with E-state index in [2.05, 4.69) is 5.32 Å². The zero-order valence-corrected chi connectivity index (χ0v) is 17.9. The number of nitrogens with zero attached hydrogens (tertiary/aromatic N) is 1. The van der Waals surface area contributed by atoms with Crippen molar-refractivity contribution in [3.8, 4) is 11.5 Å². The number of amides is 2. The minimum atomic E-state index is -1.21. The lowest BCUT2D eigenvalue weighted by Crippen LogP contribution is -2.43. The highest BCUT2D eigenvalue weighted by Crippen LogP contribution is 2.31. The van der Waals surface area contributed by atoms with Crippen LogP contribution in [-0.4, -0.2) is 38.0 Å². The third-order valence-corrected chi connectivity index (χ3v) is 5.02. The van der Waals surface area contributed by atoms with Gasteiger partial charge in [0.2, 0.25) is 6.10 Å². The van der Waals surface area contributed by atoms with Crippen LogP contribution in [0.4, 0.5) is 11.4 Å². The van der Waals surface area contributed by atoms with Crippen LogP contribution >= 0.6 is 0 Å². The molecule has 0 aliphatic carbocycles. The van der Waals surface area contributed by atoms with Crippen LogP contribution in [0.3, 0.4) is 0 Å². The minimum absolute atomic E-state index is 0.178. The summed E-state index contributed by atoms with van der Waals surface area (Å²) >= 11 is 0. The molecule has 0 aromatic heterocycles. The Bertz CT molecular complexity index is 1160. The van der Waals surface area contributed by atoms with E-state index in [1.807, 2.05) is 0 Å². The van der Waals surface area contributed by atoms with Crippen LogP contribution in [0.25, 0.3) is 0 Å². The Morgan fingerprint density at radius 2 is 1.79 bits per heavy atom. The summed E-state index contributed by atoms with van der Waals surface area (Å²) in [6.07, 6.45) is -1.21. The van der Waals surface area contributed by atoms with E-state index >= 15 is 0 Å². The molecule has 8 heteroatoms. The molecule has 4 rings (SSSR count). The Kier molecular flexibility index (Phi) is 6.54. The van der Waals surface area contributed by atoms with Gasteiger partial charge >= 0.3 is 5.97 Å². The molecule has 2 amide bonds. The molecule has 1 heterocycles. The number of anilines is 2. The quantitative estimate of drug-likeness (QED) is 0.560. The molecule has 1 atom stereocenters. The van der Waals surface area contributed by atoms with Gasteiger partial charge in [-0.05, 0) is 24.3 Å². The van der Waals surface area contributed by atoms with Crippen LogP contribution in [0.1, 0.15) is 11.7 Å². The molecule has 0 fully saturated rings. The molecule has 0 spiro atoms. The average molecular weight is 446 g/mol. The van der Waals surface area contributed by atoms with Gasteiger partial charge in [-0.3, -0.25) is 19.3 Å². The second-order valence-corrected chi connectivity index (χ2v) is 7.24. The first-order chi connectivity index (χ1) is 16.0. The smallest absolute Gasteiger partial charge is 0.327 e. The predicted molar refractivity (Wildman–Crippen MR) is 121 cm³/mol. The summed E-state index contributed by atoms with van der Waals surface area (Å²) < 4.78 is 16.2. The molecule has 1 N–H and O–H groups in total. The maximum Gasteiger partial charge on any atom is 0.327 e. The molecule has 3 aromatic carbocycles. The van der Waals surface area contributed by atoms with Crippen molar-refractivity contribution in [1.82, 2.24) is 0 Å². The summed E-state index contributed by atoms with van der Waals surface area (Å²) in [7, 11) is 1.53. The summed E-state index contributed by atoms with van der Waals surface area (Å²) in [6.45, 7) is -0.530. The first-order valence-electron chi connectivity index (χ1n) is 10.3. The Labute approximate surface area is 190 Å². The van der Waals surface area contributed by atoms with Crippen molar-refractivity contribution in [2.24, 2.45) is 0 Å². The number of para-hydroxylation sites is 2. The summed E-state index contributed by atoms with van der Waals surface area (Å²) in [5, 5.41) is 2.75. The molecule has 0 saturated heterocycles. The molecule has 1 aliphatic rings. The van der Waals surface area contributed by atoms with Crippen molar-refractivity contribution in [3.63, 3.8) is 0 Å². The standard InChI is InChI=1S/C25H22N2O6/c1-31-19-11-7-10-18(14-19)26-25(30)24(17-8-3-2-4-9-17)33-23(29)15-27-20-12-5-6-13-21(20)32-16-22(27)28/h2-14,24H,15-16H2,1H3,(H,26,30). The van der Waals surface area contributed by atoms with Crippen molar-refractivity contribution in [1.29, 1.82) is 0 Å². The number of benzene rings is 3. The molecule has 168 valence electrons. The number of fused-ring (bicyclic) bond motifs is 1. The lowest BCUT2D eigenvalue weighted by molar-refractivity contribution is -0.153. The van der Waals surface area contributed by atoms with Crippen LogP contribution in [0.5, 0.6) is 11.5 Å². The van der Waals surface area contributed by atoms with E-state index in [9.17, 15) is 14.4 Å². The highest BCUT2D eigenvalue weighted by atomic mass is 16.5. The van der Waals surface area contributed by atoms with Gasteiger partial charge in [-0.2, -0.15) is 0 Å². The van der Waals surface area contributed by atoms with Gasteiger partial charge in [-0.15, -0.1) is 0 Å². The molecular formula is C25H22N2O6. The summed E-state index contributed by atoms with van der Waals surface area (Å²) in [4.78, 5) is 39.6. The van der Waals surface area contributed by atoms with Gasteiger partial charge in [0, 0.05) is 17.3 Å². The third-order valence-electron chi connectivity index (χ3n) is 5.02. The summed E-state index contributed by atoms with van der Waals surface area (Å²) in [6, 6.07) is 22.4. The summed E-state index contributed by atoms with van der Waals surface area (Å²) in [5.74, 6) is -0.556. The normalized spacial score (nSPS) is 13.4. The summed E-state index contributed by atoms with van der Waals surface area (Å²) in [5.41, 5.74) is 1.47. The van der Waals surface area contributed by atoms with E-state index in [4.69, 9.17) is 14.2 Å². The van der Waals surface area contributed by atoms with E-state index in [1.165, 1.54) is 12.0 Å². The van der Waals surface area contributed by atoms with Gasteiger partial charge in [0.1, 0.15) is 18.0 Å². The number of rotatable bonds is 7. The van der Waals surface area contributed by atoms with Gasteiger partial charge in [0.25, 0.3) is 11.8 Å². The fourth-order valence-corrected chi connectivity index (χ4v) is 3.43. The number of nitrogens with one attached hydrogen (secondary N) is 1. The molecule has 0 bridgehead atoms. The van der Waals surface area contributed by atoms with Crippen molar-refractivity contribution < 1.29 is 28.6 Å². The van der Waals surface area contributed by atoms with Gasteiger partial charge in [0.15, 0.2) is 6.61 Å². The van der Waals surface area contributed by atoms with E-state index in [-0.39, 0.29) is 19.1 Å². The molecule has 1 aliphatic heterocycles. The maximum absolute atomic E-state index is 13.1. The van der Waals surface area contributed by atoms with Crippen LogP contribution in [-0.2, 0) is 19.1 Å². The largest absolute Gasteiger partial charge is 0.497 e. The SMILES string of the molecule is COc1cccc(NC(=O)C(OC(=O)CN2C(=O)COc3ccccc32)c2ccccc2)c1. The van der Waals surface area contributed by atoms with Crippen LogP contribution in [0.15, 0.2) is 78.9 Å². The number of carbonyl (C=O) groups is 3. The highest BCUT2D eigenvalue weighted by Gasteiger charge is 2.30. The minimum Gasteiger partial charge on any atom is -0.497 e. The Hall–Kier alpha value is -4.33. The molecule has 3 aromatic rings.